The first-order valence-electron chi connectivity index (χ1n) is 8.13. The van der Waals surface area contributed by atoms with E-state index in [1.165, 1.54) is 12.3 Å². The van der Waals surface area contributed by atoms with Crippen LogP contribution in [0.2, 0.25) is 15.1 Å². The van der Waals surface area contributed by atoms with Gasteiger partial charge in [0.05, 0.1) is 16.3 Å². The molecule has 0 aliphatic rings. The van der Waals surface area contributed by atoms with E-state index < -0.39 is 17.9 Å². The maximum atomic E-state index is 12.4. The van der Waals surface area contributed by atoms with E-state index >= 15 is 0 Å². The van der Waals surface area contributed by atoms with Crippen LogP contribution >= 0.6 is 34.8 Å². The van der Waals surface area contributed by atoms with Gasteiger partial charge in [-0.3, -0.25) is 9.59 Å². The molecule has 2 aromatic carbocycles. The standard InChI is InChI=1S/C19H18Cl3N3O2/c1-11(2)17(24-18(26)12-5-3-7-14(20)9-12)19(27)25-23-10-13-6-4-8-15(21)16(13)22/h3-11,17H,1-2H3,(H,24,26)(H,25,27). The lowest BCUT2D eigenvalue weighted by Gasteiger charge is -2.20. The molecule has 8 heteroatoms. The zero-order valence-corrected chi connectivity index (χ0v) is 16.9. The van der Waals surface area contributed by atoms with Gasteiger partial charge >= 0.3 is 0 Å². The van der Waals surface area contributed by atoms with Crippen molar-refractivity contribution < 1.29 is 9.59 Å². The number of hydrogen-bond donors (Lipinski definition) is 2. The van der Waals surface area contributed by atoms with Crippen LogP contribution in [0, 0.1) is 5.92 Å². The lowest BCUT2D eigenvalue weighted by molar-refractivity contribution is -0.123. The highest BCUT2D eigenvalue weighted by Gasteiger charge is 2.24. The first-order valence-corrected chi connectivity index (χ1v) is 9.26. The summed E-state index contributed by atoms with van der Waals surface area (Å²) in [6.07, 6.45) is 1.39. The molecule has 1 unspecified atom stereocenters. The van der Waals surface area contributed by atoms with Gasteiger partial charge < -0.3 is 5.32 Å². The number of nitrogens with one attached hydrogen (secondary N) is 2. The minimum Gasteiger partial charge on any atom is -0.340 e. The molecule has 0 aromatic heterocycles. The van der Waals surface area contributed by atoms with Gasteiger partial charge in [0.2, 0.25) is 0 Å². The normalized spacial score (nSPS) is 12.2. The van der Waals surface area contributed by atoms with Crippen LogP contribution in [0.4, 0.5) is 0 Å². The summed E-state index contributed by atoms with van der Waals surface area (Å²) in [5, 5.41) is 7.77. The maximum Gasteiger partial charge on any atom is 0.262 e. The lowest BCUT2D eigenvalue weighted by atomic mass is 10.0. The van der Waals surface area contributed by atoms with Crippen molar-refractivity contribution in [2.24, 2.45) is 11.0 Å². The van der Waals surface area contributed by atoms with Gasteiger partial charge in [-0.05, 0) is 30.2 Å². The number of carbonyl (C=O) groups is 2. The number of rotatable bonds is 6. The zero-order chi connectivity index (χ0) is 20.0. The van der Waals surface area contributed by atoms with Crippen LogP contribution in [-0.4, -0.2) is 24.1 Å². The van der Waals surface area contributed by atoms with Gasteiger partial charge in [0.1, 0.15) is 6.04 Å². The minimum absolute atomic E-state index is 0.155. The van der Waals surface area contributed by atoms with Crippen LogP contribution in [-0.2, 0) is 4.79 Å². The molecule has 2 amide bonds. The summed E-state index contributed by atoms with van der Waals surface area (Å²) in [4.78, 5) is 24.8. The van der Waals surface area contributed by atoms with Crippen LogP contribution < -0.4 is 10.7 Å². The molecule has 0 saturated carbocycles. The average molecular weight is 427 g/mol. The molecular formula is C19H18Cl3N3O2. The Hall–Kier alpha value is -2.08. The highest BCUT2D eigenvalue weighted by molar-refractivity contribution is 6.43. The van der Waals surface area contributed by atoms with Gasteiger partial charge in [0, 0.05) is 16.1 Å². The second-order valence-electron chi connectivity index (χ2n) is 6.08. The van der Waals surface area contributed by atoms with E-state index in [-0.39, 0.29) is 5.92 Å². The molecule has 0 saturated heterocycles. The van der Waals surface area contributed by atoms with Crippen molar-refractivity contribution in [2.45, 2.75) is 19.9 Å². The first-order chi connectivity index (χ1) is 12.8. The number of hydrogen-bond acceptors (Lipinski definition) is 3. The summed E-state index contributed by atoms with van der Waals surface area (Å²) in [7, 11) is 0. The molecular weight excluding hydrogens is 409 g/mol. The number of amides is 2. The average Bonchev–Trinajstić information content (AvgIpc) is 2.62. The maximum absolute atomic E-state index is 12.4. The lowest BCUT2D eigenvalue weighted by Crippen LogP contribution is -2.48. The third-order valence-corrected chi connectivity index (χ3v) is 4.75. The smallest absolute Gasteiger partial charge is 0.262 e. The summed E-state index contributed by atoms with van der Waals surface area (Å²) >= 11 is 17.9. The van der Waals surface area contributed by atoms with E-state index in [1.54, 1.807) is 36.4 Å². The van der Waals surface area contributed by atoms with Crippen LogP contribution in [0.15, 0.2) is 47.6 Å². The van der Waals surface area contributed by atoms with Gasteiger partial charge in [-0.1, -0.05) is 66.8 Å². The van der Waals surface area contributed by atoms with E-state index in [0.29, 0.717) is 26.2 Å². The highest BCUT2D eigenvalue weighted by atomic mass is 35.5. The number of hydrazone groups is 1. The van der Waals surface area contributed by atoms with Crippen LogP contribution in [0.5, 0.6) is 0 Å². The molecule has 2 N–H and O–H groups in total. The Morgan fingerprint density at radius 2 is 1.78 bits per heavy atom. The van der Waals surface area contributed by atoms with E-state index in [0.717, 1.165) is 0 Å². The molecule has 1 atom stereocenters. The molecule has 0 radical (unpaired) electrons. The fourth-order valence-electron chi connectivity index (χ4n) is 2.24. The minimum atomic E-state index is -0.775. The van der Waals surface area contributed by atoms with Crippen molar-refractivity contribution >= 4 is 52.8 Å². The summed E-state index contributed by atoms with van der Waals surface area (Å²) in [6, 6.07) is 10.8. The molecule has 5 nitrogen and oxygen atoms in total. The van der Waals surface area contributed by atoms with Crippen molar-refractivity contribution in [3.05, 3.63) is 68.7 Å². The fraction of sp³-hybridized carbons (Fsp3) is 0.211. The quantitative estimate of drug-likeness (QED) is 0.525. The van der Waals surface area contributed by atoms with Crippen molar-refractivity contribution in [2.75, 3.05) is 0 Å². The van der Waals surface area contributed by atoms with Crippen molar-refractivity contribution in [1.29, 1.82) is 0 Å². The molecule has 0 fully saturated rings. The highest BCUT2D eigenvalue weighted by Crippen LogP contribution is 2.24. The zero-order valence-electron chi connectivity index (χ0n) is 14.7. The molecule has 0 bridgehead atoms. The summed E-state index contributed by atoms with van der Waals surface area (Å²) < 4.78 is 0. The molecule has 0 aliphatic heterocycles. The first kappa shape index (κ1) is 21.2. The van der Waals surface area contributed by atoms with Crippen molar-refractivity contribution in [3.8, 4) is 0 Å². The summed E-state index contributed by atoms with van der Waals surface area (Å²) in [6.45, 7) is 3.64. The fourth-order valence-corrected chi connectivity index (χ4v) is 2.79. The number of nitrogens with zero attached hydrogens (tertiary/aromatic N) is 1. The van der Waals surface area contributed by atoms with E-state index in [9.17, 15) is 9.59 Å². The second-order valence-corrected chi connectivity index (χ2v) is 7.30. The Morgan fingerprint density at radius 3 is 2.44 bits per heavy atom. The molecule has 0 aliphatic carbocycles. The molecule has 2 aromatic rings. The van der Waals surface area contributed by atoms with Crippen LogP contribution in [0.3, 0.4) is 0 Å². The van der Waals surface area contributed by atoms with Crippen molar-refractivity contribution in [3.63, 3.8) is 0 Å². The summed E-state index contributed by atoms with van der Waals surface area (Å²) in [5.74, 6) is -0.999. The number of carbonyl (C=O) groups excluding carboxylic acids is 2. The van der Waals surface area contributed by atoms with Crippen molar-refractivity contribution in [1.82, 2.24) is 10.7 Å². The van der Waals surface area contributed by atoms with Crippen LogP contribution in [0.25, 0.3) is 0 Å². The second kappa shape index (κ2) is 9.74. The Morgan fingerprint density at radius 1 is 1.07 bits per heavy atom. The van der Waals surface area contributed by atoms with Gasteiger partial charge in [-0.15, -0.1) is 0 Å². The predicted molar refractivity (Wildman–Crippen MR) is 110 cm³/mol. The van der Waals surface area contributed by atoms with E-state index in [4.69, 9.17) is 34.8 Å². The van der Waals surface area contributed by atoms with Gasteiger partial charge in [0.15, 0.2) is 0 Å². The van der Waals surface area contributed by atoms with E-state index in [2.05, 4.69) is 15.8 Å². The third kappa shape index (κ3) is 5.96. The Labute approximate surface area is 172 Å². The predicted octanol–water partition coefficient (Wildman–Crippen LogP) is 4.55. The Bertz CT molecular complexity index is 869. The molecule has 142 valence electrons. The number of halogens is 3. The van der Waals surface area contributed by atoms with Crippen LogP contribution in [0.1, 0.15) is 29.8 Å². The molecule has 0 heterocycles. The molecule has 2 rings (SSSR count). The van der Waals surface area contributed by atoms with Gasteiger partial charge in [0.25, 0.3) is 11.8 Å². The monoisotopic (exact) mass is 425 g/mol. The van der Waals surface area contributed by atoms with Gasteiger partial charge in [-0.25, -0.2) is 5.43 Å². The Kier molecular flexibility index (Phi) is 7.66. The number of benzene rings is 2. The summed E-state index contributed by atoms with van der Waals surface area (Å²) in [5.41, 5.74) is 3.35. The molecule has 0 spiro atoms. The largest absolute Gasteiger partial charge is 0.340 e. The van der Waals surface area contributed by atoms with Gasteiger partial charge in [-0.2, -0.15) is 5.10 Å². The molecule has 27 heavy (non-hydrogen) atoms. The topological polar surface area (TPSA) is 70.6 Å². The SMILES string of the molecule is CC(C)C(NC(=O)c1cccc(Cl)c1)C(=O)NN=Cc1cccc(Cl)c1Cl. The Balaban J connectivity index is 2.05. The van der Waals surface area contributed by atoms with E-state index in [1.807, 2.05) is 13.8 Å². The third-order valence-electron chi connectivity index (χ3n) is 3.68.